The van der Waals surface area contributed by atoms with E-state index in [4.69, 9.17) is 0 Å². The zero-order valence-electron chi connectivity index (χ0n) is 15.2. The first-order valence-corrected chi connectivity index (χ1v) is 9.32. The number of aryl methyl sites for hydroxylation is 1. The third kappa shape index (κ3) is 3.44. The van der Waals surface area contributed by atoms with Crippen molar-refractivity contribution in [2.45, 2.75) is 38.4 Å². The molecule has 0 bridgehead atoms. The molecule has 0 spiro atoms. The number of aromatic nitrogens is 3. The maximum atomic E-state index is 13.4. The predicted octanol–water partition coefficient (Wildman–Crippen LogP) is 3.56. The van der Waals surface area contributed by atoms with E-state index in [9.17, 15) is 13.2 Å². The van der Waals surface area contributed by atoms with Crippen LogP contribution in [0.1, 0.15) is 31.0 Å². The van der Waals surface area contributed by atoms with Gasteiger partial charge in [0.15, 0.2) is 0 Å². The molecule has 8 heteroatoms. The Kier molecular flexibility index (Phi) is 4.65. The maximum Gasteiger partial charge on any atom is 0.419 e. The summed E-state index contributed by atoms with van der Waals surface area (Å²) in [6.07, 6.45) is 1.33. The zero-order valence-corrected chi connectivity index (χ0v) is 15.2. The molecule has 0 amide bonds. The molecule has 0 N–H and O–H groups in total. The largest absolute Gasteiger partial charge is 0.419 e. The lowest BCUT2D eigenvalue weighted by molar-refractivity contribution is -0.137. The fraction of sp³-hybridized carbons (Fsp3) is 0.526. The lowest BCUT2D eigenvalue weighted by Crippen LogP contribution is -2.49. The molecule has 2 aromatic rings. The van der Waals surface area contributed by atoms with Gasteiger partial charge in [0.25, 0.3) is 0 Å². The smallest absolute Gasteiger partial charge is 0.354 e. The number of hydrogen-bond acceptors (Lipinski definition) is 5. The molecule has 0 saturated carbocycles. The van der Waals surface area contributed by atoms with Crippen LogP contribution in [0.5, 0.6) is 0 Å². The number of halogens is 3. The zero-order chi connectivity index (χ0) is 19.0. The van der Waals surface area contributed by atoms with E-state index in [1.807, 2.05) is 13.0 Å². The minimum absolute atomic E-state index is 0.0345. The molecule has 4 heterocycles. The van der Waals surface area contributed by atoms with E-state index >= 15 is 0 Å². The van der Waals surface area contributed by atoms with Crippen molar-refractivity contribution in [2.24, 2.45) is 5.92 Å². The van der Waals surface area contributed by atoms with E-state index in [-0.39, 0.29) is 11.9 Å². The van der Waals surface area contributed by atoms with Crippen molar-refractivity contribution < 1.29 is 13.2 Å². The first kappa shape index (κ1) is 18.0. The molecule has 27 heavy (non-hydrogen) atoms. The summed E-state index contributed by atoms with van der Waals surface area (Å²) < 4.78 is 40.2. The third-order valence-corrected chi connectivity index (χ3v) is 5.62. The van der Waals surface area contributed by atoms with Crippen molar-refractivity contribution >= 4 is 11.6 Å². The Bertz CT molecular complexity index is 810. The molecule has 0 aromatic carbocycles. The fourth-order valence-electron chi connectivity index (χ4n) is 4.22. The van der Waals surface area contributed by atoms with Crippen LogP contribution in [0.2, 0.25) is 0 Å². The first-order chi connectivity index (χ1) is 13.0. The molecule has 4 rings (SSSR count). The topological polar surface area (TPSA) is 45.2 Å². The number of pyridine rings is 1. The highest BCUT2D eigenvalue weighted by atomic mass is 19.4. The van der Waals surface area contributed by atoms with Crippen LogP contribution in [-0.4, -0.2) is 40.6 Å². The van der Waals surface area contributed by atoms with E-state index < -0.39 is 11.7 Å². The Morgan fingerprint density at radius 1 is 1.15 bits per heavy atom. The van der Waals surface area contributed by atoms with Crippen molar-refractivity contribution in [3.8, 4) is 0 Å². The molecular weight excluding hydrogens is 355 g/mol. The van der Waals surface area contributed by atoms with Gasteiger partial charge >= 0.3 is 6.18 Å². The van der Waals surface area contributed by atoms with Gasteiger partial charge < -0.3 is 9.80 Å². The molecule has 2 aliphatic rings. The highest BCUT2D eigenvalue weighted by Crippen LogP contribution is 2.39. The number of alkyl halides is 3. The highest BCUT2D eigenvalue weighted by molar-refractivity contribution is 5.51. The summed E-state index contributed by atoms with van der Waals surface area (Å²) in [6, 6.07) is 4.58. The van der Waals surface area contributed by atoms with Crippen molar-refractivity contribution in [1.29, 1.82) is 0 Å². The summed E-state index contributed by atoms with van der Waals surface area (Å²) in [4.78, 5) is 16.7. The van der Waals surface area contributed by atoms with E-state index in [0.717, 1.165) is 43.4 Å². The molecule has 2 aromatic heterocycles. The Morgan fingerprint density at radius 2 is 1.96 bits per heavy atom. The van der Waals surface area contributed by atoms with Gasteiger partial charge in [-0.25, -0.2) is 15.0 Å². The summed E-state index contributed by atoms with van der Waals surface area (Å²) in [5.41, 5.74) is 0.309. The van der Waals surface area contributed by atoms with Gasteiger partial charge in [-0.2, -0.15) is 13.2 Å². The van der Waals surface area contributed by atoms with E-state index in [2.05, 4.69) is 19.9 Å². The van der Waals surface area contributed by atoms with Crippen LogP contribution < -0.4 is 9.80 Å². The van der Waals surface area contributed by atoms with E-state index in [1.54, 1.807) is 11.2 Å². The second kappa shape index (κ2) is 6.98. The monoisotopic (exact) mass is 377 g/mol. The molecule has 0 radical (unpaired) electrons. The molecule has 2 unspecified atom stereocenters. The van der Waals surface area contributed by atoms with Crippen LogP contribution in [0.15, 0.2) is 30.7 Å². The lowest BCUT2D eigenvalue weighted by Gasteiger charge is -2.40. The van der Waals surface area contributed by atoms with Crippen molar-refractivity contribution in [3.63, 3.8) is 0 Å². The Morgan fingerprint density at radius 3 is 2.74 bits per heavy atom. The maximum absolute atomic E-state index is 13.4. The van der Waals surface area contributed by atoms with Crippen molar-refractivity contribution in [2.75, 3.05) is 29.4 Å². The number of nitrogens with zero attached hydrogens (tertiary/aromatic N) is 5. The molecule has 2 saturated heterocycles. The minimum atomic E-state index is -4.40. The van der Waals surface area contributed by atoms with Crippen molar-refractivity contribution in [1.82, 2.24) is 15.0 Å². The molecule has 144 valence electrons. The van der Waals surface area contributed by atoms with Crippen LogP contribution in [0.25, 0.3) is 0 Å². The summed E-state index contributed by atoms with van der Waals surface area (Å²) in [6.45, 7) is 4.04. The standard InChI is InChI=1S/C19H22F3N5/c1-2-14-10-17(25-12-24-14)27-9-6-13-5-8-26(11-16(13)27)18-15(19(20,21)22)4-3-7-23-18/h3-4,7,10,12-13,16H,2,5-6,8-9,11H2,1H3. The molecular formula is C19H22F3N5. The van der Waals surface area contributed by atoms with E-state index in [0.29, 0.717) is 19.0 Å². The SMILES string of the molecule is CCc1cc(N2CCC3CCN(c4ncccc4C(F)(F)F)CC32)ncn1. The third-order valence-electron chi connectivity index (χ3n) is 5.62. The average Bonchev–Trinajstić information content (AvgIpc) is 3.10. The van der Waals surface area contributed by atoms with Crippen LogP contribution in [-0.2, 0) is 12.6 Å². The van der Waals surface area contributed by atoms with Gasteiger partial charge in [0, 0.05) is 37.6 Å². The van der Waals surface area contributed by atoms with Gasteiger partial charge in [-0.3, -0.25) is 0 Å². The first-order valence-electron chi connectivity index (χ1n) is 9.32. The fourth-order valence-corrected chi connectivity index (χ4v) is 4.22. The second-order valence-electron chi connectivity index (χ2n) is 7.14. The summed E-state index contributed by atoms with van der Waals surface area (Å²) >= 11 is 0. The highest BCUT2D eigenvalue weighted by Gasteiger charge is 2.42. The van der Waals surface area contributed by atoms with Gasteiger partial charge in [0.05, 0.1) is 11.6 Å². The van der Waals surface area contributed by atoms with Crippen LogP contribution >= 0.6 is 0 Å². The summed E-state index contributed by atoms with van der Waals surface area (Å²) in [5, 5.41) is 0. The normalized spacial score (nSPS) is 22.8. The molecule has 2 atom stereocenters. The quantitative estimate of drug-likeness (QED) is 0.819. The number of rotatable bonds is 3. The number of anilines is 2. The number of piperidine rings is 1. The van der Waals surface area contributed by atoms with Gasteiger partial charge in [0.2, 0.25) is 0 Å². The van der Waals surface area contributed by atoms with Crippen LogP contribution in [0, 0.1) is 5.92 Å². The number of fused-ring (bicyclic) bond motifs is 1. The number of hydrogen-bond donors (Lipinski definition) is 0. The van der Waals surface area contributed by atoms with E-state index in [1.165, 1.54) is 12.3 Å². The molecule has 0 aliphatic carbocycles. The Labute approximate surface area is 156 Å². The van der Waals surface area contributed by atoms with Gasteiger partial charge in [-0.1, -0.05) is 6.92 Å². The average molecular weight is 377 g/mol. The predicted molar refractivity (Wildman–Crippen MR) is 96.7 cm³/mol. The molecule has 2 aliphatic heterocycles. The summed E-state index contributed by atoms with van der Waals surface area (Å²) in [7, 11) is 0. The molecule has 2 fully saturated rings. The summed E-state index contributed by atoms with van der Waals surface area (Å²) in [5.74, 6) is 1.37. The van der Waals surface area contributed by atoms with Crippen LogP contribution in [0.4, 0.5) is 24.8 Å². The second-order valence-corrected chi connectivity index (χ2v) is 7.14. The Hall–Kier alpha value is -2.38. The van der Waals surface area contributed by atoms with Crippen molar-refractivity contribution in [3.05, 3.63) is 42.0 Å². The van der Waals surface area contributed by atoms with Gasteiger partial charge in [0.1, 0.15) is 18.0 Å². The Balaban J connectivity index is 1.61. The minimum Gasteiger partial charge on any atom is -0.354 e. The lowest BCUT2D eigenvalue weighted by atomic mass is 9.92. The molecule has 5 nitrogen and oxygen atoms in total. The van der Waals surface area contributed by atoms with Crippen LogP contribution in [0.3, 0.4) is 0 Å². The van der Waals surface area contributed by atoms with Gasteiger partial charge in [-0.15, -0.1) is 0 Å². The van der Waals surface area contributed by atoms with Gasteiger partial charge in [-0.05, 0) is 37.3 Å².